The molecule has 2 aliphatic rings. The largest absolute Gasteiger partial charge is 0.493 e. The molecule has 0 radical (unpaired) electrons. The molecule has 258 valence electrons. The van der Waals surface area contributed by atoms with E-state index < -0.39 is 29.4 Å². The smallest absolute Gasteiger partial charge is 0.416 e. The van der Waals surface area contributed by atoms with Crippen LogP contribution in [0.1, 0.15) is 69.1 Å². The van der Waals surface area contributed by atoms with E-state index in [4.69, 9.17) is 14.2 Å². The van der Waals surface area contributed by atoms with Gasteiger partial charge in [-0.2, -0.15) is 13.2 Å². The predicted molar refractivity (Wildman–Crippen MR) is 178 cm³/mol. The molecule has 2 amide bonds. The second-order valence-corrected chi connectivity index (χ2v) is 13.7. The number of halogens is 3. The molecule has 3 aromatic carbocycles. The maximum Gasteiger partial charge on any atom is 0.416 e. The van der Waals surface area contributed by atoms with E-state index in [1.165, 1.54) is 0 Å². The molecule has 48 heavy (non-hydrogen) atoms. The number of hydrogen-bond acceptors (Lipinski definition) is 5. The number of hydrogen-bond donors (Lipinski definition) is 0. The number of amides is 2. The molecule has 0 unspecified atom stereocenters. The lowest BCUT2D eigenvalue weighted by molar-refractivity contribution is -0.139. The van der Waals surface area contributed by atoms with Crippen molar-refractivity contribution in [1.82, 2.24) is 9.80 Å². The highest BCUT2D eigenvalue weighted by molar-refractivity contribution is 5.82. The van der Waals surface area contributed by atoms with Crippen LogP contribution in [0.3, 0.4) is 0 Å². The van der Waals surface area contributed by atoms with Gasteiger partial charge in [-0.25, -0.2) is 4.79 Å². The van der Waals surface area contributed by atoms with E-state index in [9.17, 15) is 22.8 Å². The maximum atomic E-state index is 14.7. The minimum atomic E-state index is -4.58. The summed E-state index contributed by atoms with van der Waals surface area (Å²) in [5, 5.41) is 0. The Kier molecular flexibility index (Phi) is 11.0. The summed E-state index contributed by atoms with van der Waals surface area (Å²) in [6, 6.07) is 21.7. The molecule has 0 N–H and O–H groups in total. The van der Waals surface area contributed by atoms with Gasteiger partial charge in [0, 0.05) is 45.8 Å². The second-order valence-electron chi connectivity index (χ2n) is 13.7. The molecule has 3 aromatic rings. The van der Waals surface area contributed by atoms with Gasteiger partial charge in [0.25, 0.3) is 0 Å². The number of piperidine rings is 1. The van der Waals surface area contributed by atoms with Crippen molar-refractivity contribution in [2.45, 2.75) is 76.7 Å². The molecule has 0 spiro atoms. The predicted octanol–water partition coefficient (Wildman–Crippen LogP) is 8.32. The minimum absolute atomic E-state index is 0.00155. The summed E-state index contributed by atoms with van der Waals surface area (Å²) in [6.45, 7) is 6.59. The average Bonchev–Trinajstić information content (AvgIpc) is 3.90. The number of methoxy groups -OCH3 is 1. The molecule has 1 saturated heterocycles. The number of carbonyl (C=O) groups is 2. The molecule has 1 saturated carbocycles. The van der Waals surface area contributed by atoms with E-state index in [0.29, 0.717) is 31.6 Å². The first-order valence-electron chi connectivity index (χ1n) is 16.6. The normalized spacial score (nSPS) is 18.4. The van der Waals surface area contributed by atoms with Gasteiger partial charge in [0.05, 0.1) is 18.1 Å². The summed E-state index contributed by atoms with van der Waals surface area (Å²) >= 11 is 0. The lowest BCUT2D eigenvalue weighted by Gasteiger charge is -2.40. The Hall–Kier alpha value is -4.05. The SMILES string of the molecule is COCCCOc1cc(CN(C(=O)[C@H]2CN(C(=O)OC(C)(C)C)CC[C@@H]2c2cccc(-c3ccccc3)c2)C2CC2)cc(C(F)(F)F)c1. The highest BCUT2D eigenvalue weighted by Gasteiger charge is 2.43. The number of ether oxygens (including phenoxy) is 3. The summed E-state index contributed by atoms with van der Waals surface area (Å²) in [7, 11) is 1.55. The highest BCUT2D eigenvalue weighted by atomic mass is 19.4. The third-order valence-corrected chi connectivity index (χ3v) is 8.68. The zero-order valence-electron chi connectivity index (χ0n) is 28.1. The fraction of sp³-hybridized carbons (Fsp3) is 0.474. The first kappa shape index (κ1) is 35.3. The van der Waals surface area contributed by atoms with Crippen molar-refractivity contribution in [3.05, 3.63) is 89.5 Å². The molecule has 0 aromatic heterocycles. The van der Waals surface area contributed by atoms with E-state index in [0.717, 1.165) is 41.7 Å². The first-order chi connectivity index (χ1) is 22.8. The fourth-order valence-electron chi connectivity index (χ4n) is 6.25. The van der Waals surface area contributed by atoms with Gasteiger partial charge in [0.15, 0.2) is 0 Å². The Labute approximate surface area is 281 Å². The summed E-state index contributed by atoms with van der Waals surface area (Å²) in [4.78, 5) is 31.2. The number of alkyl halides is 3. The molecule has 2 atom stereocenters. The van der Waals surface area contributed by atoms with Gasteiger partial charge in [-0.15, -0.1) is 0 Å². The number of nitrogens with zero attached hydrogens (tertiary/aromatic N) is 2. The van der Waals surface area contributed by atoms with Crippen molar-refractivity contribution >= 4 is 12.0 Å². The number of rotatable bonds is 11. The zero-order valence-corrected chi connectivity index (χ0v) is 28.1. The summed E-state index contributed by atoms with van der Waals surface area (Å²) in [6.07, 6.45) is -2.47. The lowest BCUT2D eigenvalue weighted by Crippen LogP contribution is -2.51. The van der Waals surface area contributed by atoms with Crippen LogP contribution in [0.2, 0.25) is 0 Å². The van der Waals surface area contributed by atoms with E-state index >= 15 is 0 Å². The molecular formula is C38H45F3N2O5. The van der Waals surface area contributed by atoms with E-state index in [1.54, 1.807) is 43.7 Å². The molecule has 0 bridgehead atoms. The van der Waals surface area contributed by atoms with Gasteiger partial charge in [-0.1, -0.05) is 54.6 Å². The summed E-state index contributed by atoms with van der Waals surface area (Å²) < 4.78 is 58.3. The monoisotopic (exact) mass is 666 g/mol. The Bertz CT molecular complexity index is 1550. The van der Waals surface area contributed by atoms with Crippen LogP contribution in [0.15, 0.2) is 72.8 Å². The van der Waals surface area contributed by atoms with Crippen molar-refractivity contribution in [1.29, 1.82) is 0 Å². The zero-order chi connectivity index (χ0) is 34.5. The van der Waals surface area contributed by atoms with Crippen molar-refractivity contribution < 1.29 is 37.0 Å². The van der Waals surface area contributed by atoms with Crippen LogP contribution in [0.5, 0.6) is 5.75 Å². The Morgan fingerprint density at radius 2 is 1.62 bits per heavy atom. The van der Waals surface area contributed by atoms with Gasteiger partial charge < -0.3 is 24.0 Å². The fourth-order valence-corrected chi connectivity index (χ4v) is 6.25. The standard InChI is InChI=1S/C38H45F3N2O5/c1-37(2,3)48-36(45)42-17-16-33(29-13-8-12-28(22-29)27-10-6-5-7-11-27)34(25-42)35(44)43(31-14-15-31)24-26-20-30(38(39,40)41)23-32(21-26)47-19-9-18-46-4/h5-8,10-13,20-23,31,33-34H,9,14-19,24-25H2,1-4H3/t33-,34+/m1/s1. The minimum Gasteiger partial charge on any atom is -0.493 e. The van der Waals surface area contributed by atoms with Crippen LogP contribution in [-0.4, -0.2) is 66.9 Å². The van der Waals surface area contributed by atoms with Gasteiger partial charge >= 0.3 is 12.3 Å². The molecule has 1 aliphatic carbocycles. The Morgan fingerprint density at radius 3 is 2.29 bits per heavy atom. The van der Waals surface area contributed by atoms with Gasteiger partial charge in [-0.3, -0.25) is 4.79 Å². The van der Waals surface area contributed by atoms with Crippen LogP contribution < -0.4 is 4.74 Å². The topological polar surface area (TPSA) is 68.3 Å². The van der Waals surface area contributed by atoms with Crippen molar-refractivity contribution in [2.24, 2.45) is 5.92 Å². The second kappa shape index (κ2) is 15.0. The number of likely N-dealkylation sites (tertiary alicyclic amines) is 1. The van der Waals surface area contributed by atoms with Crippen molar-refractivity contribution in [3.8, 4) is 16.9 Å². The third-order valence-electron chi connectivity index (χ3n) is 8.68. The van der Waals surface area contributed by atoms with Crippen LogP contribution in [0.25, 0.3) is 11.1 Å². The molecule has 1 heterocycles. The maximum absolute atomic E-state index is 14.7. The molecule has 5 rings (SSSR count). The average molecular weight is 667 g/mol. The van der Waals surface area contributed by atoms with Crippen LogP contribution in [-0.2, 0) is 27.0 Å². The lowest BCUT2D eigenvalue weighted by atomic mass is 9.79. The van der Waals surface area contributed by atoms with Gasteiger partial charge in [0.2, 0.25) is 5.91 Å². The summed E-state index contributed by atoms with van der Waals surface area (Å²) in [5.41, 5.74) is 1.88. The Morgan fingerprint density at radius 1 is 0.896 bits per heavy atom. The van der Waals surface area contributed by atoms with E-state index in [2.05, 4.69) is 6.07 Å². The number of carbonyl (C=O) groups excluding carboxylic acids is 2. The van der Waals surface area contributed by atoms with Crippen LogP contribution in [0.4, 0.5) is 18.0 Å². The highest BCUT2D eigenvalue weighted by Crippen LogP contribution is 2.40. The molecule has 2 fully saturated rings. The van der Waals surface area contributed by atoms with Crippen molar-refractivity contribution in [3.63, 3.8) is 0 Å². The first-order valence-corrected chi connectivity index (χ1v) is 16.6. The Balaban J connectivity index is 1.46. The molecule has 7 nitrogen and oxygen atoms in total. The molecular weight excluding hydrogens is 621 g/mol. The third kappa shape index (κ3) is 9.30. The van der Waals surface area contributed by atoms with Crippen LogP contribution >= 0.6 is 0 Å². The van der Waals surface area contributed by atoms with E-state index in [-0.39, 0.29) is 43.3 Å². The quantitative estimate of drug-likeness (QED) is 0.193. The van der Waals surface area contributed by atoms with Gasteiger partial charge in [-0.05, 0) is 86.4 Å². The summed E-state index contributed by atoms with van der Waals surface area (Å²) in [5.74, 6) is -0.903. The molecule has 10 heteroatoms. The molecule has 1 aliphatic heterocycles. The van der Waals surface area contributed by atoms with Crippen LogP contribution in [0, 0.1) is 5.92 Å². The van der Waals surface area contributed by atoms with Crippen molar-refractivity contribution in [2.75, 3.05) is 33.4 Å². The van der Waals surface area contributed by atoms with Gasteiger partial charge in [0.1, 0.15) is 11.4 Å². The number of benzene rings is 3. The van der Waals surface area contributed by atoms with E-state index in [1.807, 2.05) is 48.5 Å².